The molecule has 2 aromatic carbocycles. The number of sulfonamides is 1. The highest BCUT2D eigenvalue weighted by atomic mass is 32.2. The molecular formula is C21H27FN2O3S. The van der Waals surface area contributed by atoms with Crippen LogP contribution in [0.4, 0.5) is 4.39 Å². The summed E-state index contributed by atoms with van der Waals surface area (Å²) in [5.41, 5.74) is 2.37. The Morgan fingerprint density at radius 2 is 1.79 bits per heavy atom. The van der Waals surface area contributed by atoms with Crippen LogP contribution in [0.5, 0.6) is 0 Å². The molecule has 1 saturated heterocycles. The molecule has 1 aliphatic heterocycles. The predicted octanol–water partition coefficient (Wildman–Crippen LogP) is 3.53. The number of nitrogens with one attached hydrogen (secondary N) is 1. The van der Waals surface area contributed by atoms with Gasteiger partial charge in [0.05, 0.1) is 12.6 Å². The highest BCUT2D eigenvalue weighted by Crippen LogP contribution is 2.34. The van der Waals surface area contributed by atoms with Crippen molar-refractivity contribution in [2.24, 2.45) is 0 Å². The number of rotatable bonds is 5. The first kappa shape index (κ1) is 20.9. The predicted molar refractivity (Wildman–Crippen MR) is 108 cm³/mol. The third-order valence-electron chi connectivity index (χ3n) is 5.12. The van der Waals surface area contributed by atoms with Gasteiger partial charge < -0.3 is 0 Å². The lowest BCUT2D eigenvalue weighted by Crippen LogP contribution is -2.39. The normalized spacial score (nSPS) is 21.2. The van der Waals surface area contributed by atoms with E-state index in [9.17, 15) is 12.8 Å². The van der Waals surface area contributed by atoms with Gasteiger partial charge in [0.15, 0.2) is 0 Å². The summed E-state index contributed by atoms with van der Waals surface area (Å²) in [4.78, 5) is 5.53. The molecule has 28 heavy (non-hydrogen) atoms. The average Bonchev–Trinajstić information content (AvgIpc) is 3.03. The van der Waals surface area contributed by atoms with Crippen molar-refractivity contribution < 1.29 is 17.6 Å². The molecule has 0 aliphatic carbocycles. The van der Waals surface area contributed by atoms with Gasteiger partial charge in [-0.1, -0.05) is 63.2 Å². The topological polar surface area (TPSA) is 58.6 Å². The molecule has 0 radical (unpaired) electrons. The summed E-state index contributed by atoms with van der Waals surface area (Å²) in [6.45, 7) is 6.35. The monoisotopic (exact) mass is 406 g/mol. The van der Waals surface area contributed by atoms with Crippen molar-refractivity contribution >= 4 is 10.0 Å². The Kier molecular flexibility index (Phi) is 5.91. The van der Waals surface area contributed by atoms with E-state index in [2.05, 4.69) is 25.5 Å². The van der Waals surface area contributed by atoms with E-state index >= 15 is 0 Å². The van der Waals surface area contributed by atoms with Crippen LogP contribution in [0.25, 0.3) is 0 Å². The lowest BCUT2D eigenvalue weighted by molar-refractivity contribution is -0.110. The van der Waals surface area contributed by atoms with Gasteiger partial charge >= 0.3 is 0 Å². The van der Waals surface area contributed by atoms with Crippen molar-refractivity contribution in [3.63, 3.8) is 0 Å². The number of halogens is 1. The summed E-state index contributed by atoms with van der Waals surface area (Å²) < 4.78 is 42.2. The van der Waals surface area contributed by atoms with Gasteiger partial charge in [-0.2, -0.15) is 5.06 Å². The molecule has 2 aromatic rings. The summed E-state index contributed by atoms with van der Waals surface area (Å²) in [7, 11) is -2.00. The molecule has 0 unspecified atom stereocenters. The van der Waals surface area contributed by atoms with Gasteiger partial charge in [0.1, 0.15) is 11.1 Å². The molecule has 0 saturated carbocycles. The molecular weight excluding hydrogens is 379 g/mol. The second kappa shape index (κ2) is 7.91. The van der Waals surface area contributed by atoms with E-state index in [1.54, 1.807) is 30.3 Å². The maximum Gasteiger partial charge on any atom is 0.219 e. The standard InChI is InChI=1S/C21H27FN2O3S/c1-21(2,3)17-11-9-15(10-12-17)20-19(14-27-24(20)4)28(25,26)23-13-16-7-5-6-8-18(16)22/h5-12,19-20,23H,13-14H2,1-4H3/t19-,20+/m0/s1. The number of hydrogen-bond donors (Lipinski definition) is 1. The van der Waals surface area contributed by atoms with Crippen LogP contribution < -0.4 is 4.72 Å². The SMILES string of the molecule is CN1OC[C@H](S(=O)(=O)NCc2ccccc2F)[C@H]1c1ccc(C(C)(C)C)cc1. The average molecular weight is 407 g/mol. The van der Waals surface area contributed by atoms with Crippen LogP contribution in [-0.2, 0) is 26.8 Å². The molecule has 0 spiro atoms. The van der Waals surface area contributed by atoms with E-state index in [0.29, 0.717) is 5.56 Å². The van der Waals surface area contributed by atoms with E-state index in [1.807, 2.05) is 24.3 Å². The van der Waals surface area contributed by atoms with Crippen molar-refractivity contribution in [1.82, 2.24) is 9.79 Å². The van der Waals surface area contributed by atoms with Crippen molar-refractivity contribution in [2.45, 2.75) is 44.0 Å². The van der Waals surface area contributed by atoms with Crippen LogP contribution in [0.1, 0.15) is 43.5 Å². The number of hydrogen-bond acceptors (Lipinski definition) is 4. The highest BCUT2D eigenvalue weighted by molar-refractivity contribution is 7.90. The van der Waals surface area contributed by atoms with Gasteiger partial charge in [-0.05, 0) is 22.6 Å². The third-order valence-corrected chi connectivity index (χ3v) is 6.86. The van der Waals surface area contributed by atoms with E-state index in [1.165, 1.54) is 11.6 Å². The van der Waals surface area contributed by atoms with Crippen molar-refractivity contribution in [3.05, 3.63) is 71.0 Å². The van der Waals surface area contributed by atoms with E-state index in [4.69, 9.17) is 4.84 Å². The zero-order valence-electron chi connectivity index (χ0n) is 16.6. The fraction of sp³-hybridized carbons (Fsp3) is 0.429. The molecule has 152 valence electrons. The molecule has 1 fully saturated rings. The molecule has 5 nitrogen and oxygen atoms in total. The Bertz CT molecular complexity index is 923. The zero-order chi connectivity index (χ0) is 20.5. The van der Waals surface area contributed by atoms with Crippen LogP contribution in [0.15, 0.2) is 48.5 Å². The zero-order valence-corrected chi connectivity index (χ0v) is 17.5. The number of benzene rings is 2. The second-order valence-electron chi connectivity index (χ2n) is 8.15. The van der Waals surface area contributed by atoms with Gasteiger partial charge in [-0.15, -0.1) is 0 Å². The Hall–Kier alpha value is -1.80. The Morgan fingerprint density at radius 3 is 2.39 bits per heavy atom. The third kappa shape index (κ3) is 4.43. The summed E-state index contributed by atoms with van der Waals surface area (Å²) in [5, 5.41) is 0.795. The molecule has 2 atom stereocenters. The minimum atomic E-state index is -3.73. The van der Waals surface area contributed by atoms with Gasteiger partial charge in [-0.3, -0.25) is 4.84 Å². The minimum Gasteiger partial charge on any atom is -0.297 e. The first-order chi connectivity index (χ1) is 13.1. The highest BCUT2D eigenvalue weighted by Gasteiger charge is 2.43. The Balaban J connectivity index is 1.81. The second-order valence-corrected chi connectivity index (χ2v) is 10.1. The first-order valence-corrected chi connectivity index (χ1v) is 10.8. The molecule has 1 aliphatic rings. The molecule has 0 amide bonds. The molecule has 0 bridgehead atoms. The largest absolute Gasteiger partial charge is 0.297 e. The number of hydroxylamine groups is 2. The molecule has 0 aromatic heterocycles. The van der Waals surface area contributed by atoms with Crippen LogP contribution in [0.2, 0.25) is 0 Å². The van der Waals surface area contributed by atoms with Gasteiger partial charge in [-0.25, -0.2) is 17.5 Å². The van der Waals surface area contributed by atoms with Crippen LogP contribution in [-0.4, -0.2) is 32.4 Å². The fourth-order valence-electron chi connectivity index (χ4n) is 3.39. The van der Waals surface area contributed by atoms with Gasteiger partial charge in [0.2, 0.25) is 10.0 Å². The first-order valence-electron chi connectivity index (χ1n) is 9.27. The smallest absolute Gasteiger partial charge is 0.219 e. The Labute approximate surface area is 166 Å². The summed E-state index contributed by atoms with van der Waals surface area (Å²) in [6.07, 6.45) is 0. The molecule has 7 heteroatoms. The van der Waals surface area contributed by atoms with E-state index in [-0.39, 0.29) is 18.6 Å². The van der Waals surface area contributed by atoms with E-state index in [0.717, 1.165) is 5.56 Å². The van der Waals surface area contributed by atoms with Crippen LogP contribution in [0, 0.1) is 5.82 Å². The Morgan fingerprint density at radius 1 is 1.14 bits per heavy atom. The summed E-state index contributed by atoms with van der Waals surface area (Å²) in [6, 6.07) is 13.7. The molecule has 3 rings (SSSR count). The maximum absolute atomic E-state index is 13.8. The quantitative estimate of drug-likeness (QED) is 0.825. The van der Waals surface area contributed by atoms with Crippen LogP contribution >= 0.6 is 0 Å². The molecule has 1 N–H and O–H groups in total. The summed E-state index contributed by atoms with van der Waals surface area (Å²) >= 11 is 0. The van der Waals surface area contributed by atoms with Gasteiger partial charge in [0, 0.05) is 19.2 Å². The summed E-state index contributed by atoms with van der Waals surface area (Å²) in [5.74, 6) is -0.431. The minimum absolute atomic E-state index is 0.0173. The van der Waals surface area contributed by atoms with Crippen LogP contribution in [0.3, 0.4) is 0 Å². The van der Waals surface area contributed by atoms with Crippen molar-refractivity contribution in [1.29, 1.82) is 0 Å². The van der Waals surface area contributed by atoms with Crippen molar-refractivity contribution in [2.75, 3.05) is 13.7 Å². The lowest BCUT2D eigenvalue weighted by Gasteiger charge is -2.25. The number of nitrogens with zero attached hydrogens (tertiary/aromatic N) is 1. The van der Waals surface area contributed by atoms with Crippen molar-refractivity contribution in [3.8, 4) is 0 Å². The fourth-order valence-corrected chi connectivity index (χ4v) is 4.87. The lowest BCUT2D eigenvalue weighted by atomic mass is 9.86. The van der Waals surface area contributed by atoms with Gasteiger partial charge in [0.25, 0.3) is 0 Å². The molecule has 1 heterocycles. The maximum atomic E-state index is 13.8. The van der Waals surface area contributed by atoms with E-state index < -0.39 is 27.1 Å².